The molecule has 3 unspecified atom stereocenters. The van der Waals surface area contributed by atoms with Gasteiger partial charge in [-0.05, 0) is 41.2 Å². The molecule has 0 radical (unpaired) electrons. The summed E-state index contributed by atoms with van der Waals surface area (Å²) < 4.78 is 0. The Morgan fingerprint density at radius 2 is 2.00 bits per heavy atom. The van der Waals surface area contributed by atoms with Crippen LogP contribution >= 0.6 is 0 Å². The lowest BCUT2D eigenvalue weighted by atomic mass is 9.48. The van der Waals surface area contributed by atoms with Crippen LogP contribution in [-0.4, -0.2) is 11.2 Å². The third-order valence-corrected chi connectivity index (χ3v) is 4.53. The lowest BCUT2D eigenvalue weighted by Gasteiger charge is -2.58. The van der Waals surface area contributed by atoms with Crippen LogP contribution < -0.4 is 0 Å². The van der Waals surface area contributed by atoms with Crippen LogP contribution in [0.2, 0.25) is 0 Å². The van der Waals surface area contributed by atoms with Crippen molar-refractivity contribution in [2.24, 2.45) is 11.3 Å². The highest BCUT2D eigenvalue weighted by Gasteiger charge is 2.57. The second-order valence-corrected chi connectivity index (χ2v) is 5.65. The standard InChI is InChI=1S/C14H18O/c1-14(2)12-10-6-4-3-5-9(10)7-8-11(12)13(14)15/h3-6,11-13,15H,7-8H2,1-2H3. The summed E-state index contributed by atoms with van der Waals surface area (Å²) in [5.74, 6) is 1.09. The summed E-state index contributed by atoms with van der Waals surface area (Å²) in [6.07, 6.45) is 2.20. The zero-order valence-electron chi connectivity index (χ0n) is 9.40. The fourth-order valence-corrected chi connectivity index (χ4v) is 3.69. The highest BCUT2D eigenvalue weighted by molar-refractivity contribution is 5.38. The molecule has 1 N–H and O–H groups in total. The molecule has 3 rings (SSSR count). The predicted octanol–water partition coefficient (Wildman–Crippen LogP) is 2.73. The number of rotatable bonds is 0. The third-order valence-electron chi connectivity index (χ3n) is 4.53. The first-order valence-corrected chi connectivity index (χ1v) is 5.88. The Morgan fingerprint density at radius 1 is 1.27 bits per heavy atom. The van der Waals surface area contributed by atoms with Crippen LogP contribution in [0.4, 0.5) is 0 Å². The van der Waals surface area contributed by atoms with Gasteiger partial charge in [0.1, 0.15) is 0 Å². The van der Waals surface area contributed by atoms with E-state index in [1.807, 2.05) is 0 Å². The zero-order valence-corrected chi connectivity index (χ0v) is 9.40. The Labute approximate surface area is 91.1 Å². The maximum absolute atomic E-state index is 10.1. The van der Waals surface area contributed by atoms with Crippen LogP contribution in [-0.2, 0) is 6.42 Å². The van der Waals surface area contributed by atoms with Gasteiger partial charge in [0.2, 0.25) is 0 Å². The first kappa shape index (κ1) is 9.41. The Kier molecular flexibility index (Phi) is 1.79. The highest BCUT2D eigenvalue weighted by Crippen LogP contribution is 2.60. The third kappa shape index (κ3) is 1.07. The highest BCUT2D eigenvalue weighted by atomic mass is 16.3. The molecule has 3 atom stereocenters. The first-order valence-electron chi connectivity index (χ1n) is 5.88. The van der Waals surface area contributed by atoms with Crippen molar-refractivity contribution >= 4 is 0 Å². The van der Waals surface area contributed by atoms with Gasteiger partial charge in [-0.25, -0.2) is 0 Å². The van der Waals surface area contributed by atoms with Gasteiger partial charge in [-0.1, -0.05) is 38.1 Å². The van der Waals surface area contributed by atoms with Crippen LogP contribution in [0.25, 0.3) is 0 Å². The number of fused-ring (bicyclic) bond motifs is 3. The minimum atomic E-state index is -0.101. The van der Waals surface area contributed by atoms with E-state index in [-0.39, 0.29) is 11.5 Å². The number of hydrogen-bond donors (Lipinski definition) is 1. The Morgan fingerprint density at radius 3 is 2.80 bits per heavy atom. The van der Waals surface area contributed by atoms with E-state index in [0.29, 0.717) is 11.8 Å². The first-order chi connectivity index (χ1) is 7.12. The lowest BCUT2D eigenvalue weighted by Crippen LogP contribution is -2.57. The molecule has 1 heteroatoms. The second-order valence-electron chi connectivity index (χ2n) is 5.65. The molecule has 2 aliphatic rings. The Balaban J connectivity index is 2.07. The van der Waals surface area contributed by atoms with Crippen molar-refractivity contribution in [2.75, 3.05) is 0 Å². The van der Waals surface area contributed by atoms with Crippen LogP contribution in [0.1, 0.15) is 37.3 Å². The largest absolute Gasteiger partial charge is 0.392 e. The Hall–Kier alpha value is -0.820. The topological polar surface area (TPSA) is 20.2 Å². The van der Waals surface area contributed by atoms with E-state index in [2.05, 4.69) is 38.1 Å². The minimum absolute atomic E-state index is 0.0706. The van der Waals surface area contributed by atoms with E-state index in [1.54, 1.807) is 0 Å². The summed E-state index contributed by atoms with van der Waals surface area (Å²) >= 11 is 0. The molecule has 0 aromatic heterocycles. The summed E-state index contributed by atoms with van der Waals surface area (Å²) in [7, 11) is 0. The molecule has 2 aliphatic carbocycles. The van der Waals surface area contributed by atoms with E-state index in [4.69, 9.17) is 0 Å². The van der Waals surface area contributed by atoms with Crippen molar-refractivity contribution in [3.8, 4) is 0 Å². The van der Waals surface area contributed by atoms with Gasteiger partial charge in [-0.15, -0.1) is 0 Å². The molecule has 0 saturated heterocycles. The van der Waals surface area contributed by atoms with Gasteiger partial charge >= 0.3 is 0 Å². The fraction of sp³-hybridized carbons (Fsp3) is 0.571. The van der Waals surface area contributed by atoms with Crippen molar-refractivity contribution in [3.05, 3.63) is 35.4 Å². The van der Waals surface area contributed by atoms with Gasteiger partial charge in [0.25, 0.3) is 0 Å². The number of aryl methyl sites for hydroxylation is 1. The summed E-state index contributed by atoms with van der Waals surface area (Å²) in [4.78, 5) is 0. The smallest absolute Gasteiger partial charge is 0.0631 e. The van der Waals surface area contributed by atoms with Gasteiger partial charge in [-0.3, -0.25) is 0 Å². The van der Waals surface area contributed by atoms with Crippen molar-refractivity contribution in [3.63, 3.8) is 0 Å². The molecular formula is C14H18O. The average molecular weight is 202 g/mol. The second kappa shape index (κ2) is 2.85. The number of aliphatic hydroxyl groups excluding tert-OH is 1. The van der Waals surface area contributed by atoms with Crippen LogP contribution in [0.5, 0.6) is 0 Å². The van der Waals surface area contributed by atoms with E-state index >= 15 is 0 Å². The molecule has 80 valence electrons. The molecule has 0 heterocycles. The van der Waals surface area contributed by atoms with Gasteiger partial charge in [0, 0.05) is 0 Å². The molecule has 0 aliphatic heterocycles. The fourth-order valence-electron chi connectivity index (χ4n) is 3.69. The molecule has 1 saturated carbocycles. The molecule has 1 aromatic rings. The van der Waals surface area contributed by atoms with Crippen LogP contribution in [0.15, 0.2) is 24.3 Å². The number of aliphatic hydroxyl groups is 1. The monoisotopic (exact) mass is 202 g/mol. The van der Waals surface area contributed by atoms with Crippen molar-refractivity contribution < 1.29 is 5.11 Å². The van der Waals surface area contributed by atoms with E-state index in [0.717, 1.165) is 12.8 Å². The maximum Gasteiger partial charge on any atom is 0.0631 e. The van der Waals surface area contributed by atoms with Gasteiger partial charge < -0.3 is 5.11 Å². The summed E-state index contributed by atoms with van der Waals surface area (Å²) in [6, 6.07) is 8.75. The van der Waals surface area contributed by atoms with E-state index in [1.165, 1.54) is 11.1 Å². The predicted molar refractivity (Wildman–Crippen MR) is 60.8 cm³/mol. The lowest BCUT2D eigenvalue weighted by molar-refractivity contribution is -0.130. The molecule has 1 aromatic carbocycles. The molecule has 15 heavy (non-hydrogen) atoms. The number of hydrogen-bond acceptors (Lipinski definition) is 1. The van der Waals surface area contributed by atoms with E-state index in [9.17, 15) is 5.11 Å². The van der Waals surface area contributed by atoms with Crippen LogP contribution in [0, 0.1) is 11.3 Å². The van der Waals surface area contributed by atoms with Crippen LogP contribution in [0.3, 0.4) is 0 Å². The molecule has 1 nitrogen and oxygen atoms in total. The molecule has 1 fully saturated rings. The summed E-state index contributed by atoms with van der Waals surface area (Å²) in [6.45, 7) is 4.39. The molecule has 0 bridgehead atoms. The van der Waals surface area contributed by atoms with Gasteiger partial charge in [-0.2, -0.15) is 0 Å². The number of benzene rings is 1. The zero-order chi connectivity index (χ0) is 10.6. The van der Waals surface area contributed by atoms with Crippen molar-refractivity contribution in [2.45, 2.75) is 38.7 Å². The van der Waals surface area contributed by atoms with E-state index < -0.39 is 0 Å². The quantitative estimate of drug-likeness (QED) is 0.686. The molecule has 0 amide bonds. The SMILES string of the molecule is CC1(C)C(O)C2CCc3ccccc3C21. The molecule has 0 spiro atoms. The van der Waals surface area contributed by atoms with Gasteiger partial charge in [0.05, 0.1) is 6.10 Å². The minimum Gasteiger partial charge on any atom is -0.392 e. The van der Waals surface area contributed by atoms with Gasteiger partial charge in [0.15, 0.2) is 0 Å². The normalized spacial score (nSPS) is 36.3. The Bertz CT molecular complexity index is 394. The maximum atomic E-state index is 10.1. The average Bonchev–Trinajstić information content (AvgIpc) is 2.26. The summed E-state index contributed by atoms with van der Waals surface area (Å²) in [5.41, 5.74) is 3.06. The van der Waals surface area contributed by atoms with Crippen molar-refractivity contribution in [1.29, 1.82) is 0 Å². The summed E-state index contributed by atoms with van der Waals surface area (Å²) in [5, 5.41) is 10.1. The molecular weight excluding hydrogens is 184 g/mol. The van der Waals surface area contributed by atoms with Crippen molar-refractivity contribution in [1.82, 2.24) is 0 Å².